The second-order valence-electron chi connectivity index (χ2n) is 9.30. The second kappa shape index (κ2) is 10.6. The van der Waals surface area contributed by atoms with Gasteiger partial charge in [0.15, 0.2) is 0 Å². The number of rotatable bonds is 7. The quantitative estimate of drug-likeness (QED) is 0.517. The van der Waals surface area contributed by atoms with Crippen molar-refractivity contribution in [1.29, 1.82) is 0 Å². The van der Waals surface area contributed by atoms with Crippen molar-refractivity contribution in [2.24, 2.45) is 5.92 Å². The third-order valence-corrected chi connectivity index (χ3v) is 8.21. The zero-order valence-electron chi connectivity index (χ0n) is 19.9. The molecular weight excluding hydrogens is 428 g/mol. The molecule has 2 aromatic rings. The number of carbonyl (C=O) groups is 2. The Hall–Kier alpha value is -2.53. The maximum absolute atomic E-state index is 13.7. The highest BCUT2D eigenvalue weighted by molar-refractivity contribution is 8.01. The zero-order valence-corrected chi connectivity index (χ0v) is 20.7. The van der Waals surface area contributed by atoms with Crippen LogP contribution in [0, 0.1) is 19.8 Å². The van der Waals surface area contributed by atoms with Crippen LogP contribution in [0.3, 0.4) is 0 Å². The lowest BCUT2D eigenvalue weighted by atomic mass is 9.97. The minimum absolute atomic E-state index is 0.0113. The van der Waals surface area contributed by atoms with Crippen LogP contribution in [0.1, 0.15) is 55.7 Å². The molecule has 5 heteroatoms. The summed E-state index contributed by atoms with van der Waals surface area (Å²) in [6.45, 7) is 7.20. The summed E-state index contributed by atoms with van der Waals surface area (Å²) in [5.41, 5.74) is 5.87. The molecular formula is C28H34N2O2S. The molecule has 4 rings (SSSR count). The van der Waals surface area contributed by atoms with Gasteiger partial charge in [-0.3, -0.25) is 9.59 Å². The summed E-state index contributed by atoms with van der Waals surface area (Å²) < 4.78 is 0. The van der Waals surface area contributed by atoms with Crippen molar-refractivity contribution in [1.82, 2.24) is 5.32 Å². The van der Waals surface area contributed by atoms with Gasteiger partial charge < -0.3 is 10.2 Å². The zero-order chi connectivity index (χ0) is 23.4. The Kier molecular flexibility index (Phi) is 7.59. The predicted octanol–water partition coefficient (Wildman–Crippen LogP) is 5.95. The molecule has 0 saturated heterocycles. The van der Waals surface area contributed by atoms with Gasteiger partial charge in [0, 0.05) is 11.4 Å². The van der Waals surface area contributed by atoms with E-state index < -0.39 is 11.2 Å². The normalized spacial score (nSPS) is 19.0. The molecule has 0 saturated carbocycles. The molecule has 1 aliphatic carbocycles. The van der Waals surface area contributed by atoms with Crippen molar-refractivity contribution in [2.75, 3.05) is 11.4 Å². The van der Waals surface area contributed by atoms with E-state index in [2.05, 4.69) is 49.5 Å². The lowest BCUT2D eigenvalue weighted by Gasteiger charge is -2.36. The largest absolute Gasteiger partial charge is 0.356 e. The first-order valence-electron chi connectivity index (χ1n) is 12.0. The van der Waals surface area contributed by atoms with Gasteiger partial charge in [0.2, 0.25) is 11.8 Å². The van der Waals surface area contributed by atoms with Crippen LogP contribution in [0.2, 0.25) is 0 Å². The number of fused-ring (bicyclic) bond motifs is 1. The molecule has 174 valence electrons. The number of amides is 2. The molecule has 0 bridgehead atoms. The number of para-hydroxylation sites is 1. The van der Waals surface area contributed by atoms with Crippen molar-refractivity contribution in [3.05, 3.63) is 70.8 Å². The lowest BCUT2D eigenvalue weighted by molar-refractivity contribution is -0.128. The molecule has 1 N–H and O–H groups in total. The Labute approximate surface area is 201 Å². The first kappa shape index (κ1) is 23.6. The van der Waals surface area contributed by atoms with Gasteiger partial charge in [-0.25, -0.2) is 0 Å². The number of benzene rings is 2. The summed E-state index contributed by atoms with van der Waals surface area (Å²) in [7, 11) is 0. The van der Waals surface area contributed by atoms with E-state index in [0.29, 0.717) is 13.1 Å². The Balaban J connectivity index is 1.49. The summed E-state index contributed by atoms with van der Waals surface area (Å²) in [4.78, 5) is 29.6. The maximum Gasteiger partial charge on any atom is 0.241 e. The number of hydrogen-bond acceptors (Lipinski definition) is 3. The van der Waals surface area contributed by atoms with Gasteiger partial charge in [-0.1, -0.05) is 54.5 Å². The molecule has 2 aromatic carbocycles. The van der Waals surface area contributed by atoms with Gasteiger partial charge in [-0.2, -0.15) is 0 Å². The Morgan fingerprint density at radius 3 is 2.79 bits per heavy atom. The fourth-order valence-electron chi connectivity index (χ4n) is 4.64. The molecule has 0 unspecified atom stereocenters. The first-order valence-corrected chi connectivity index (χ1v) is 12.9. The van der Waals surface area contributed by atoms with E-state index in [1.54, 1.807) is 0 Å². The van der Waals surface area contributed by atoms with Gasteiger partial charge in [0.25, 0.3) is 0 Å². The minimum atomic E-state index is -0.432. The van der Waals surface area contributed by atoms with Crippen LogP contribution in [-0.4, -0.2) is 23.6 Å². The van der Waals surface area contributed by atoms with Crippen molar-refractivity contribution >= 4 is 29.3 Å². The molecule has 1 heterocycles. The molecule has 2 aliphatic rings. The Morgan fingerprint density at radius 1 is 1.18 bits per heavy atom. The third-order valence-electron chi connectivity index (χ3n) is 6.75. The number of hydrogen-bond donors (Lipinski definition) is 1. The second-order valence-corrected chi connectivity index (χ2v) is 10.5. The van der Waals surface area contributed by atoms with Crippen molar-refractivity contribution in [3.8, 4) is 0 Å². The van der Waals surface area contributed by atoms with Gasteiger partial charge in [0.1, 0.15) is 5.25 Å². The monoisotopic (exact) mass is 462 g/mol. The van der Waals surface area contributed by atoms with E-state index >= 15 is 0 Å². The summed E-state index contributed by atoms with van der Waals surface area (Å²) in [6.07, 6.45) is 8.05. The summed E-state index contributed by atoms with van der Waals surface area (Å²) in [5.74, 6) is -0.433. The molecule has 4 nitrogen and oxygen atoms in total. The van der Waals surface area contributed by atoms with Crippen LogP contribution in [0.4, 0.5) is 5.69 Å². The third kappa shape index (κ3) is 5.52. The molecule has 2 atom stereocenters. The lowest BCUT2D eigenvalue weighted by Crippen LogP contribution is -2.47. The molecule has 1 aliphatic heterocycles. The van der Waals surface area contributed by atoms with E-state index in [4.69, 9.17) is 0 Å². The van der Waals surface area contributed by atoms with Gasteiger partial charge in [-0.05, 0) is 69.2 Å². The van der Waals surface area contributed by atoms with Gasteiger partial charge in [-0.15, -0.1) is 11.8 Å². The SMILES string of the molecule is Cc1ccc(C)c(CN2C(=O)[C@H]([C@@H](C)C(=O)NCCC3=CCCCC3)Sc3ccccc32)c1. The minimum Gasteiger partial charge on any atom is -0.356 e. The van der Waals surface area contributed by atoms with E-state index in [1.165, 1.54) is 41.3 Å². The first-order chi connectivity index (χ1) is 15.9. The number of nitrogens with zero attached hydrogens (tertiary/aromatic N) is 1. The van der Waals surface area contributed by atoms with E-state index in [0.717, 1.165) is 35.4 Å². The summed E-state index contributed by atoms with van der Waals surface area (Å²) in [5, 5.41) is 2.66. The van der Waals surface area contributed by atoms with E-state index in [9.17, 15) is 9.59 Å². The van der Waals surface area contributed by atoms with Crippen LogP contribution in [0.15, 0.2) is 59.0 Å². The van der Waals surface area contributed by atoms with Crippen LogP contribution in [-0.2, 0) is 16.1 Å². The number of nitrogens with one attached hydrogen (secondary N) is 1. The highest BCUT2D eigenvalue weighted by atomic mass is 32.2. The number of thioether (sulfide) groups is 1. The van der Waals surface area contributed by atoms with Crippen LogP contribution in [0.5, 0.6) is 0 Å². The number of carbonyl (C=O) groups excluding carboxylic acids is 2. The Morgan fingerprint density at radius 2 is 2.00 bits per heavy atom. The summed E-state index contributed by atoms with van der Waals surface area (Å²) in [6, 6.07) is 14.4. The van der Waals surface area contributed by atoms with Crippen molar-refractivity contribution in [2.45, 2.75) is 69.6 Å². The van der Waals surface area contributed by atoms with E-state index in [-0.39, 0.29) is 11.8 Å². The average molecular weight is 463 g/mol. The standard InChI is InChI=1S/C28H34N2O2S/c1-19-13-14-20(2)23(17-19)18-30-24-11-7-8-12-25(24)33-26(28(30)32)21(3)27(31)29-16-15-22-9-5-4-6-10-22/h7-9,11-14,17,21,26H,4-6,10,15-16,18H2,1-3H3,(H,29,31)/t21-,26+/m1/s1. The summed E-state index contributed by atoms with van der Waals surface area (Å²) >= 11 is 1.52. The Bertz CT molecular complexity index is 1060. The van der Waals surface area contributed by atoms with Crippen LogP contribution < -0.4 is 10.2 Å². The fraction of sp³-hybridized carbons (Fsp3) is 0.429. The molecule has 33 heavy (non-hydrogen) atoms. The van der Waals surface area contributed by atoms with Crippen molar-refractivity contribution < 1.29 is 9.59 Å². The highest BCUT2D eigenvalue weighted by Crippen LogP contribution is 2.42. The number of aryl methyl sites for hydroxylation is 2. The molecule has 0 spiro atoms. The van der Waals surface area contributed by atoms with Crippen LogP contribution >= 0.6 is 11.8 Å². The fourth-order valence-corrected chi connectivity index (χ4v) is 5.92. The topological polar surface area (TPSA) is 49.4 Å². The number of allylic oxidation sites excluding steroid dienone is 1. The predicted molar refractivity (Wildman–Crippen MR) is 137 cm³/mol. The molecule has 0 aromatic heterocycles. The van der Waals surface area contributed by atoms with Gasteiger partial charge >= 0.3 is 0 Å². The average Bonchev–Trinajstić information content (AvgIpc) is 2.83. The number of anilines is 1. The van der Waals surface area contributed by atoms with Crippen molar-refractivity contribution in [3.63, 3.8) is 0 Å². The highest BCUT2D eigenvalue weighted by Gasteiger charge is 2.39. The maximum atomic E-state index is 13.7. The smallest absolute Gasteiger partial charge is 0.241 e. The molecule has 2 amide bonds. The molecule has 0 radical (unpaired) electrons. The van der Waals surface area contributed by atoms with Crippen LogP contribution in [0.25, 0.3) is 0 Å². The van der Waals surface area contributed by atoms with E-state index in [1.807, 2.05) is 30.0 Å². The molecule has 0 fully saturated rings. The van der Waals surface area contributed by atoms with Gasteiger partial charge in [0.05, 0.1) is 18.2 Å².